The highest BCUT2D eigenvalue weighted by atomic mass is 35.5. The van der Waals surface area contributed by atoms with E-state index in [2.05, 4.69) is 5.32 Å². The molecule has 0 bridgehead atoms. The molecule has 0 aliphatic carbocycles. The molecule has 126 valence electrons. The van der Waals surface area contributed by atoms with Gasteiger partial charge >= 0.3 is 5.97 Å². The van der Waals surface area contributed by atoms with E-state index in [1.54, 1.807) is 49.6 Å². The standard InChI is InChI=1S/C17H15Cl2NO4/c1-23-14-6-4-13(5-7-14)20-16(21)10-24-17(22)8-11-2-3-12(18)9-15(11)19/h2-7,9H,8,10H2,1H3,(H,20,21). The minimum absolute atomic E-state index is 0.0359. The van der Waals surface area contributed by atoms with Crippen molar-refractivity contribution in [1.29, 1.82) is 0 Å². The normalized spacial score (nSPS) is 10.1. The molecule has 0 aromatic heterocycles. The number of anilines is 1. The fraction of sp³-hybridized carbons (Fsp3) is 0.176. The summed E-state index contributed by atoms with van der Waals surface area (Å²) in [4.78, 5) is 23.6. The van der Waals surface area contributed by atoms with Crippen LogP contribution < -0.4 is 10.1 Å². The van der Waals surface area contributed by atoms with Gasteiger partial charge in [-0.2, -0.15) is 0 Å². The number of nitrogens with one attached hydrogen (secondary N) is 1. The maximum atomic E-state index is 11.8. The van der Waals surface area contributed by atoms with Crippen LogP contribution in [0.25, 0.3) is 0 Å². The van der Waals surface area contributed by atoms with Crippen LogP contribution in [0.2, 0.25) is 10.0 Å². The second kappa shape index (κ2) is 8.57. The van der Waals surface area contributed by atoms with Gasteiger partial charge in [-0.05, 0) is 42.0 Å². The molecule has 2 rings (SSSR count). The third-order valence-electron chi connectivity index (χ3n) is 3.09. The quantitative estimate of drug-likeness (QED) is 0.790. The van der Waals surface area contributed by atoms with E-state index in [-0.39, 0.29) is 13.0 Å². The number of hydrogen-bond acceptors (Lipinski definition) is 4. The highest BCUT2D eigenvalue weighted by molar-refractivity contribution is 6.35. The topological polar surface area (TPSA) is 64.6 Å². The van der Waals surface area contributed by atoms with Gasteiger partial charge in [-0.15, -0.1) is 0 Å². The SMILES string of the molecule is COc1ccc(NC(=O)COC(=O)Cc2ccc(Cl)cc2Cl)cc1. The molecule has 0 unspecified atom stereocenters. The van der Waals surface area contributed by atoms with Crippen molar-refractivity contribution in [2.75, 3.05) is 19.0 Å². The Morgan fingerprint density at radius 1 is 1.08 bits per heavy atom. The summed E-state index contributed by atoms with van der Waals surface area (Å²) in [6.07, 6.45) is -0.0359. The average molecular weight is 368 g/mol. The van der Waals surface area contributed by atoms with Gasteiger partial charge in [0.25, 0.3) is 5.91 Å². The van der Waals surface area contributed by atoms with Crippen LogP contribution in [0.5, 0.6) is 5.75 Å². The third-order valence-corrected chi connectivity index (χ3v) is 3.67. The maximum Gasteiger partial charge on any atom is 0.310 e. The van der Waals surface area contributed by atoms with Crippen LogP contribution in [-0.2, 0) is 20.7 Å². The molecule has 2 aromatic rings. The molecule has 5 nitrogen and oxygen atoms in total. The van der Waals surface area contributed by atoms with Crippen molar-refractivity contribution < 1.29 is 19.1 Å². The van der Waals surface area contributed by atoms with Gasteiger partial charge in [0.05, 0.1) is 13.5 Å². The van der Waals surface area contributed by atoms with Gasteiger partial charge < -0.3 is 14.8 Å². The number of amides is 1. The number of methoxy groups -OCH3 is 1. The van der Waals surface area contributed by atoms with Crippen LogP contribution in [0.3, 0.4) is 0 Å². The van der Waals surface area contributed by atoms with E-state index in [0.717, 1.165) is 0 Å². The maximum absolute atomic E-state index is 11.8. The Morgan fingerprint density at radius 2 is 1.79 bits per heavy atom. The molecule has 0 spiro atoms. The van der Waals surface area contributed by atoms with E-state index in [0.29, 0.717) is 27.0 Å². The zero-order valence-electron chi connectivity index (χ0n) is 12.8. The van der Waals surface area contributed by atoms with Crippen molar-refractivity contribution in [3.05, 3.63) is 58.1 Å². The second-order valence-electron chi connectivity index (χ2n) is 4.85. The first-order valence-electron chi connectivity index (χ1n) is 7.01. The summed E-state index contributed by atoms with van der Waals surface area (Å²) in [5.41, 5.74) is 1.17. The first-order valence-corrected chi connectivity index (χ1v) is 7.77. The minimum atomic E-state index is -0.552. The molecule has 0 fully saturated rings. The number of carbonyl (C=O) groups is 2. The Balaban J connectivity index is 1.81. The average Bonchev–Trinajstić information content (AvgIpc) is 2.56. The molecule has 7 heteroatoms. The first kappa shape index (κ1) is 18.1. The van der Waals surface area contributed by atoms with Crippen LogP contribution in [0.15, 0.2) is 42.5 Å². The number of halogens is 2. The molecule has 0 saturated carbocycles. The summed E-state index contributed by atoms with van der Waals surface area (Å²) in [5, 5.41) is 3.48. The lowest BCUT2D eigenvalue weighted by atomic mass is 10.1. The van der Waals surface area contributed by atoms with Crippen LogP contribution >= 0.6 is 23.2 Å². The monoisotopic (exact) mass is 367 g/mol. The molecule has 0 aliphatic heterocycles. The Labute approximate surface area is 149 Å². The number of rotatable bonds is 6. The van der Waals surface area contributed by atoms with Gasteiger partial charge in [-0.25, -0.2) is 0 Å². The predicted molar refractivity (Wildman–Crippen MR) is 92.7 cm³/mol. The summed E-state index contributed by atoms with van der Waals surface area (Å²) in [5.74, 6) is -0.306. The van der Waals surface area contributed by atoms with E-state index in [4.69, 9.17) is 32.7 Å². The van der Waals surface area contributed by atoms with Gasteiger partial charge in [0, 0.05) is 15.7 Å². The van der Waals surface area contributed by atoms with Crippen molar-refractivity contribution in [3.63, 3.8) is 0 Å². The zero-order valence-corrected chi connectivity index (χ0v) is 14.4. The van der Waals surface area contributed by atoms with Gasteiger partial charge in [0.15, 0.2) is 6.61 Å². The van der Waals surface area contributed by atoms with Crippen molar-refractivity contribution in [2.45, 2.75) is 6.42 Å². The van der Waals surface area contributed by atoms with Crippen LogP contribution in [0, 0.1) is 0 Å². The van der Waals surface area contributed by atoms with Crippen molar-refractivity contribution >= 4 is 40.8 Å². The smallest absolute Gasteiger partial charge is 0.310 e. The summed E-state index contributed by atoms with van der Waals surface area (Å²) in [6, 6.07) is 11.6. The Morgan fingerprint density at radius 3 is 2.42 bits per heavy atom. The lowest BCUT2D eigenvalue weighted by Crippen LogP contribution is -2.21. The largest absolute Gasteiger partial charge is 0.497 e. The summed E-state index contributed by atoms with van der Waals surface area (Å²) < 4.78 is 9.97. The minimum Gasteiger partial charge on any atom is -0.497 e. The van der Waals surface area contributed by atoms with E-state index in [1.165, 1.54) is 0 Å². The fourth-order valence-corrected chi connectivity index (χ4v) is 2.36. The molecular weight excluding hydrogens is 353 g/mol. The van der Waals surface area contributed by atoms with Crippen LogP contribution in [0.1, 0.15) is 5.56 Å². The number of hydrogen-bond donors (Lipinski definition) is 1. The lowest BCUT2D eigenvalue weighted by Gasteiger charge is -2.08. The second-order valence-corrected chi connectivity index (χ2v) is 5.69. The summed E-state index contributed by atoms with van der Waals surface area (Å²) in [7, 11) is 1.56. The number of ether oxygens (including phenoxy) is 2. The van der Waals surface area contributed by atoms with Crippen molar-refractivity contribution in [2.24, 2.45) is 0 Å². The number of benzene rings is 2. The van der Waals surface area contributed by atoms with Gasteiger partial charge in [-0.3, -0.25) is 9.59 Å². The van der Waals surface area contributed by atoms with E-state index >= 15 is 0 Å². The highest BCUT2D eigenvalue weighted by Gasteiger charge is 2.11. The van der Waals surface area contributed by atoms with Crippen molar-refractivity contribution in [1.82, 2.24) is 0 Å². The van der Waals surface area contributed by atoms with E-state index < -0.39 is 11.9 Å². The van der Waals surface area contributed by atoms with Crippen LogP contribution in [-0.4, -0.2) is 25.6 Å². The Bertz CT molecular complexity index is 732. The lowest BCUT2D eigenvalue weighted by molar-refractivity contribution is -0.146. The van der Waals surface area contributed by atoms with E-state index in [9.17, 15) is 9.59 Å². The first-order chi connectivity index (χ1) is 11.5. The molecule has 0 atom stereocenters. The molecule has 1 amide bonds. The molecular formula is C17H15Cl2NO4. The highest BCUT2D eigenvalue weighted by Crippen LogP contribution is 2.21. The molecule has 24 heavy (non-hydrogen) atoms. The molecule has 0 radical (unpaired) electrons. The van der Waals surface area contributed by atoms with Gasteiger partial charge in [0.2, 0.25) is 0 Å². The molecule has 2 aromatic carbocycles. The molecule has 0 saturated heterocycles. The number of esters is 1. The summed E-state index contributed by atoms with van der Waals surface area (Å²) in [6.45, 7) is -0.379. The fourth-order valence-electron chi connectivity index (χ4n) is 1.89. The number of carbonyl (C=O) groups excluding carboxylic acids is 2. The van der Waals surface area contributed by atoms with Gasteiger partial charge in [0.1, 0.15) is 5.75 Å². The molecule has 0 aliphatic rings. The van der Waals surface area contributed by atoms with E-state index in [1.807, 2.05) is 0 Å². The van der Waals surface area contributed by atoms with Crippen molar-refractivity contribution in [3.8, 4) is 5.75 Å². The molecule has 1 N–H and O–H groups in total. The summed E-state index contributed by atoms with van der Waals surface area (Å²) >= 11 is 11.8. The Kier molecular flexibility index (Phi) is 6.46. The predicted octanol–water partition coefficient (Wildman–Crippen LogP) is 3.73. The third kappa shape index (κ3) is 5.44. The van der Waals surface area contributed by atoms with Gasteiger partial charge in [-0.1, -0.05) is 29.3 Å². The van der Waals surface area contributed by atoms with Crippen LogP contribution in [0.4, 0.5) is 5.69 Å². The Hall–Kier alpha value is -2.24. The zero-order chi connectivity index (χ0) is 17.5. The molecule has 0 heterocycles.